The molecule has 2 aromatic rings. The number of ether oxygens (including phenoxy) is 1. The number of nitrogens with one attached hydrogen (secondary N) is 1. The van der Waals surface area contributed by atoms with Crippen molar-refractivity contribution in [3.05, 3.63) is 53.3 Å². The number of carbonyl (C=O) groups excluding carboxylic acids is 2. The maximum absolute atomic E-state index is 11.9. The van der Waals surface area contributed by atoms with Crippen LogP contribution in [0.25, 0.3) is 0 Å². The average Bonchev–Trinajstić information content (AvgIpc) is 2.76. The first kappa shape index (κ1) is 24.4. The van der Waals surface area contributed by atoms with E-state index in [1.54, 1.807) is 18.3 Å². The molecule has 0 radical (unpaired) electrons. The largest absolute Gasteiger partial charge is 0.507 e. The lowest BCUT2D eigenvalue weighted by atomic mass is 10.0. The van der Waals surface area contributed by atoms with E-state index in [-0.39, 0.29) is 17.4 Å². The molecular weight excluding hydrogens is 392 g/mol. The molecule has 6 nitrogen and oxygen atoms in total. The lowest BCUT2D eigenvalue weighted by Gasteiger charge is -2.14. The first-order valence-corrected chi connectivity index (χ1v) is 11.2. The van der Waals surface area contributed by atoms with E-state index in [0.717, 1.165) is 38.5 Å². The molecule has 0 aliphatic carbocycles. The average molecular weight is 427 g/mol. The lowest BCUT2D eigenvalue weighted by molar-refractivity contribution is -0.121. The Kier molecular flexibility index (Phi) is 10.6. The number of aryl methyl sites for hydroxylation is 1. The molecule has 168 valence electrons. The second-order valence-electron chi connectivity index (χ2n) is 7.72. The summed E-state index contributed by atoms with van der Waals surface area (Å²) in [4.78, 5) is 27.7. The Morgan fingerprint density at radius 2 is 1.94 bits per heavy atom. The summed E-state index contributed by atoms with van der Waals surface area (Å²) >= 11 is 0. The van der Waals surface area contributed by atoms with Gasteiger partial charge in [0.15, 0.2) is 5.78 Å². The lowest BCUT2D eigenvalue weighted by Crippen LogP contribution is -2.24. The SMILES string of the molecule is CCCc1c(OCCCCCC(=O)NCCCc2cccnc2)ccc(C(C)=O)c1O. The number of Topliss-reactive ketones (excluding diaryl/α,β-unsaturated/α-hetero) is 1. The van der Waals surface area contributed by atoms with Gasteiger partial charge >= 0.3 is 0 Å². The number of hydrogen-bond acceptors (Lipinski definition) is 5. The molecule has 6 heteroatoms. The molecule has 0 saturated carbocycles. The minimum absolute atomic E-state index is 0.0343. The van der Waals surface area contributed by atoms with Crippen molar-refractivity contribution < 1.29 is 19.4 Å². The van der Waals surface area contributed by atoms with Crippen LogP contribution in [-0.4, -0.2) is 34.9 Å². The number of ketones is 1. The fourth-order valence-electron chi connectivity index (χ4n) is 3.43. The molecular formula is C25H34N2O4. The molecule has 0 aliphatic heterocycles. The summed E-state index contributed by atoms with van der Waals surface area (Å²) in [7, 11) is 0. The predicted molar refractivity (Wildman–Crippen MR) is 122 cm³/mol. The molecule has 0 aliphatic rings. The van der Waals surface area contributed by atoms with Crippen LogP contribution in [0.1, 0.15) is 73.9 Å². The molecule has 1 heterocycles. The van der Waals surface area contributed by atoms with Gasteiger partial charge in [0.1, 0.15) is 11.5 Å². The van der Waals surface area contributed by atoms with Crippen LogP contribution in [0.15, 0.2) is 36.7 Å². The molecule has 1 aromatic heterocycles. The van der Waals surface area contributed by atoms with E-state index in [2.05, 4.69) is 10.3 Å². The standard InChI is InChI=1S/C25H34N2O4/c1-3-9-22-23(14-13-21(19(2)28)25(22)30)31-17-6-4-5-12-24(29)27-16-8-11-20-10-7-15-26-18-20/h7,10,13-15,18,30H,3-6,8-9,11-12,16-17H2,1-2H3,(H,27,29). The number of phenols is 1. The zero-order valence-electron chi connectivity index (χ0n) is 18.7. The van der Waals surface area contributed by atoms with Crippen LogP contribution in [0.2, 0.25) is 0 Å². The molecule has 0 fully saturated rings. The number of pyridine rings is 1. The Morgan fingerprint density at radius 3 is 2.65 bits per heavy atom. The summed E-state index contributed by atoms with van der Waals surface area (Å²) in [5, 5.41) is 13.3. The first-order chi connectivity index (χ1) is 15.0. The van der Waals surface area contributed by atoms with Crippen LogP contribution in [0.5, 0.6) is 11.5 Å². The second-order valence-corrected chi connectivity index (χ2v) is 7.72. The van der Waals surface area contributed by atoms with Gasteiger partial charge in [-0.3, -0.25) is 14.6 Å². The monoisotopic (exact) mass is 426 g/mol. The van der Waals surface area contributed by atoms with Crippen molar-refractivity contribution in [1.29, 1.82) is 0 Å². The third kappa shape index (κ3) is 8.40. The quantitative estimate of drug-likeness (QED) is 0.340. The summed E-state index contributed by atoms with van der Waals surface area (Å²) in [6, 6.07) is 7.35. The highest BCUT2D eigenvalue weighted by molar-refractivity contribution is 5.97. The second kappa shape index (κ2) is 13.4. The number of aromatic hydroxyl groups is 1. The van der Waals surface area contributed by atoms with E-state index >= 15 is 0 Å². The predicted octanol–water partition coefficient (Wildman–Crippen LogP) is 4.63. The van der Waals surface area contributed by atoms with Crippen LogP contribution in [-0.2, 0) is 17.6 Å². The van der Waals surface area contributed by atoms with Crippen molar-refractivity contribution in [3.8, 4) is 11.5 Å². The molecule has 2 rings (SSSR count). The number of carbonyl (C=O) groups is 2. The van der Waals surface area contributed by atoms with Crippen molar-refractivity contribution in [3.63, 3.8) is 0 Å². The summed E-state index contributed by atoms with van der Waals surface area (Å²) in [6.07, 6.45) is 9.98. The van der Waals surface area contributed by atoms with E-state index < -0.39 is 0 Å². The Balaban J connectivity index is 1.62. The highest BCUT2D eigenvalue weighted by Crippen LogP contribution is 2.33. The van der Waals surface area contributed by atoms with Crippen molar-refractivity contribution in [2.45, 2.75) is 65.2 Å². The zero-order valence-corrected chi connectivity index (χ0v) is 18.7. The van der Waals surface area contributed by atoms with Crippen molar-refractivity contribution in [1.82, 2.24) is 10.3 Å². The highest BCUT2D eigenvalue weighted by Gasteiger charge is 2.15. The summed E-state index contributed by atoms with van der Waals surface area (Å²) in [5.74, 6) is 0.599. The smallest absolute Gasteiger partial charge is 0.219 e. The molecule has 0 spiro atoms. The number of aromatic nitrogens is 1. The van der Waals surface area contributed by atoms with Crippen LogP contribution < -0.4 is 10.1 Å². The summed E-state index contributed by atoms with van der Waals surface area (Å²) in [6.45, 7) is 4.66. The van der Waals surface area contributed by atoms with Gasteiger partial charge in [-0.15, -0.1) is 0 Å². The molecule has 0 unspecified atom stereocenters. The third-order valence-corrected chi connectivity index (χ3v) is 5.11. The maximum Gasteiger partial charge on any atom is 0.219 e. The maximum atomic E-state index is 11.9. The van der Waals surface area contributed by atoms with Gasteiger partial charge in [0.25, 0.3) is 0 Å². The van der Waals surface area contributed by atoms with Gasteiger partial charge < -0.3 is 15.2 Å². The third-order valence-electron chi connectivity index (χ3n) is 5.11. The number of unbranched alkanes of at least 4 members (excludes halogenated alkanes) is 2. The van der Waals surface area contributed by atoms with Crippen molar-refractivity contribution in [2.24, 2.45) is 0 Å². The number of hydrogen-bond donors (Lipinski definition) is 2. The number of amides is 1. The molecule has 31 heavy (non-hydrogen) atoms. The van der Waals surface area contributed by atoms with Gasteiger partial charge in [-0.05, 0) is 69.2 Å². The van der Waals surface area contributed by atoms with E-state index in [9.17, 15) is 14.7 Å². The molecule has 1 aromatic carbocycles. The fourth-order valence-corrected chi connectivity index (χ4v) is 3.43. The van der Waals surface area contributed by atoms with Gasteiger partial charge in [0, 0.05) is 30.9 Å². The summed E-state index contributed by atoms with van der Waals surface area (Å²) < 4.78 is 5.86. The van der Waals surface area contributed by atoms with Crippen LogP contribution in [0.3, 0.4) is 0 Å². The summed E-state index contributed by atoms with van der Waals surface area (Å²) in [5.41, 5.74) is 2.21. The van der Waals surface area contributed by atoms with Crippen molar-refractivity contribution >= 4 is 11.7 Å². The molecule has 0 saturated heterocycles. The highest BCUT2D eigenvalue weighted by atomic mass is 16.5. The van der Waals surface area contributed by atoms with E-state index in [4.69, 9.17) is 4.74 Å². The van der Waals surface area contributed by atoms with Gasteiger partial charge in [0.05, 0.1) is 12.2 Å². The van der Waals surface area contributed by atoms with Crippen LogP contribution >= 0.6 is 0 Å². The zero-order chi connectivity index (χ0) is 22.5. The Hall–Kier alpha value is -2.89. The number of benzene rings is 1. The van der Waals surface area contributed by atoms with Crippen LogP contribution in [0.4, 0.5) is 0 Å². The molecule has 0 atom stereocenters. The number of nitrogens with zero attached hydrogens (tertiary/aromatic N) is 1. The van der Waals surface area contributed by atoms with E-state index in [1.165, 1.54) is 12.5 Å². The van der Waals surface area contributed by atoms with Gasteiger partial charge in [0.2, 0.25) is 5.91 Å². The number of rotatable bonds is 14. The van der Waals surface area contributed by atoms with Crippen LogP contribution in [0, 0.1) is 0 Å². The molecule has 1 amide bonds. The van der Waals surface area contributed by atoms with Gasteiger partial charge in [-0.1, -0.05) is 19.4 Å². The van der Waals surface area contributed by atoms with E-state index in [1.807, 2.05) is 25.3 Å². The Morgan fingerprint density at radius 1 is 1.10 bits per heavy atom. The van der Waals surface area contributed by atoms with Gasteiger partial charge in [-0.25, -0.2) is 0 Å². The molecule has 2 N–H and O–H groups in total. The first-order valence-electron chi connectivity index (χ1n) is 11.2. The number of phenolic OH excluding ortho intramolecular Hbond substituents is 1. The molecule has 0 bridgehead atoms. The Labute approximate surface area is 185 Å². The minimum atomic E-state index is -0.156. The van der Waals surface area contributed by atoms with Crippen molar-refractivity contribution in [2.75, 3.05) is 13.2 Å². The topological polar surface area (TPSA) is 88.5 Å². The minimum Gasteiger partial charge on any atom is -0.507 e. The van der Waals surface area contributed by atoms with Gasteiger partial charge in [-0.2, -0.15) is 0 Å². The fraction of sp³-hybridized carbons (Fsp3) is 0.480. The normalized spacial score (nSPS) is 10.6. The van der Waals surface area contributed by atoms with E-state index in [0.29, 0.717) is 42.9 Å². The Bertz CT molecular complexity index is 837.